The lowest BCUT2D eigenvalue weighted by Gasteiger charge is -2.06. The molecule has 0 aromatic heterocycles. The third-order valence-electron chi connectivity index (χ3n) is 2.60. The van der Waals surface area contributed by atoms with Gasteiger partial charge in [-0.2, -0.15) is 0 Å². The van der Waals surface area contributed by atoms with E-state index in [-0.39, 0.29) is 0 Å². The topological polar surface area (TPSA) is 37.3 Å². The lowest BCUT2D eigenvalue weighted by molar-refractivity contribution is -0.130. The number of hydrogen-bond donors (Lipinski definition) is 1. The van der Waals surface area contributed by atoms with Crippen LogP contribution in [0.1, 0.15) is 12.5 Å². The molecule has 2 nitrogen and oxygen atoms in total. The van der Waals surface area contributed by atoms with Gasteiger partial charge in [-0.3, -0.25) is 0 Å². The number of rotatable bonds is 2. The second-order valence-electron chi connectivity index (χ2n) is 3.53. The molecule has 0 saturated heterocycles. The van der Waals surface area contributed by atoms with Crippen molar-refractivity contribution in [1.29, 1.82) is 0 Å². The number of hydrogen-bond acceptors (Lipinski definition) is 1. The van der Waals surface area contributed by atoms with E-state index >= 15 is 0 Å². The molecule has 2 aromatic carbocycles. The van der Waals surface area contributed by atoms with Crippen LogP contribution in [0, 0.1) is 0 Å². The van der Waals surface area contributed by atoms with Crippen LogP contribution in [0.25, 0.3) is 16.3 Å². The third-order valence-corrected chi connectivity index (χ3v) is 2.60. The Morgan fingerprint density at radius 1 is 1.12 bits per heavy atom. The summed E-state index contributed by atoms with van der Waals surface area (Å²) in [5, 5.41) is 11.1. The van der Waals surface area contributed by atoms with Crippen molar-refractivity contribution in [2.45, 2.75) is 6.92 Å². The molecule has 0 saturated carbocycles. The van der Waals surface area contributed by atoms with E-state index in [1.54, 1.807) is 13.0 Å². The molecule has 0 aliphatic carbocycles. The van der Waals surface area contributed by atoms with E-state index in [2.05, 4.69) is 0 Å². The van der Waals surface area contributed by atoms with Gasteiger partial charge in [0.1, 0.15) is 0 Å². The predicted molar refractivity (Wildman–Crippen MR) is 65.2 cm³/mol. The molecule has 0 unspecified atom stereocenters. The smallest absolute Gasteiger partial charge is 0.335 e. The lowest BCUT2D eigenvalue weighted by atomic mass is 9.98. The van der Waals surface area contributed by atoms with Crippen LogP contribution in [0.5, 0.6) is 0 Å². The molecule has 1 N–H and O–H groups in total. The predicted octanol–water partition coefficient (Wildman–Crippen LogP) is 3.33. The maximum absolute atomic E-state index is 11.1. The fourth-order valence-corrected chi connectivity index (χ4v) is 1.85. The van der Waals surface area contributed by atoms with Crippen molar-refractivity contribution >= 4 is 22.3 Å². The maximum Gasteiger partial charge on any atom is 0.335 e. The number of carboxylic acids is 1. The first-order chi connectivity index (χ1) is 7.74. The van der Waals surface area contributed by atoms with Gasteiger partial charge in [-0.1, -0.05) is 48.5 Å². The van der Waals surface area contributed by atoms with Gasteiger partial charge >= 0.3 is 5.97 Å². The van der Waals surface area contributed by atoms with Crippen LogP contribution in [0.3, 0.4) is 0 Å². The zero-order valence-electron chi connectivity index (χ0n) is 8.97. The molecule has 2 aromatic rings. The van der Waals surface area contributed by atoms with E-state index in [1.165, 1.54) is 0 Å². The van der Waals surface area contributed by atoms with E-state index < -0.39 is 5.97 Å². The Bertz CT molecular complexity index is 562. The number of carbonyl (C=O) groups is 1. The van der Waals surface area contributed by atoms with Gasteiger partial charge in [0.05, 0.1) is 5.57 Å². The van der Waals surface area contributed by atoms with Crippen LogP contribution in [0.2, 0.25) is 0 Å². The number of benzene rings is 2. The summed E-state index contributed by atoms with van der Waals surface area (Å²) in [6.45, 7) is 1.74. The van der Waals surface area contributed by atoms with Crippen molar-refractivity contribution in [3.8, 4) is 0 Å². The molecule has 0 radical (unpaired) electrons. The Kier molecular flexibility index (Phi) is 2.73. The molecule has 0 bridgehead atoms. The van der Waals surface area contributed by atoms with E-state index in [1.807, 2.05) is 42.5 Å². The number of aliphatic carboxylic acids is 1. The highest BCUT2D eigenvalue weighted by molar-refractivity contribution is 6.19. The van der Waals surface area contributed by atoms with Crippen molar-refractivity contribution in [1.82, 2.24) is 0 Å². The second-order valence-corrected chi connectivity index (χ2v) is 3.53. The molecule has 0 aliphatic heterocycles. The molecule has 2 heteroatoms. The number of allylic oxidation sites excluding steroid dienone is 1. The molecule has 16 heavy (non-hydrogen) atoms. The highest BCUT2D eigenvalue weighted by Gasteiger charge is 2.11. The first-order valence-corrected chi connectivity index (χ1v) is 5.12. The summed E-state index contributed by atoms with van der Waals surface area (Å²) in [6.07, 6.45) is 1.63. The van der Waals surface area contributed by atoms with E-state index in [0.717, 1.165) is 16.3 Å². The summed E-state index contributed by atoms with van der Waals surface area (Å²) in [4.78, 5) is 11.1. The van der Waals surface area contributed by atoms with E-state index in [0.29, 0.717) is 5.57 Å². The molecule has 0 spiro atoms. The summed E-state index contributed by atoms with van der Waals surface area (Å²) >= 11 is 0. The van der Waals surface area contributed by atoms with Gasteiger partial charge in [0.15, 0.2) is 0 Å². The summed E-state index contributed by atoms with van der Waals surface area (Å²) in [7, 11) is 0. The second kappa shape index (κ2) is 4.19. The van der Waals surface area contributed by atoms with Crippen molar-refractivity contribution in [2.24, 2.45) is 0 Å². The molecular weight excluding hydrogens is 200 g/mol. The van der Waals surface area contributed by atoms with Gasteiger partial charge in [0, 0.05) is 0 Å². The fraction of sp³-hybridized carbons (Fsp3) is 0.0714. The lowest BCUT2D eigenvalue weighted by Crippen LogP contribution is -1.99. The Morgan fingerprint density at radius 2 is 1.81 bits per heavy atom. The van der Waals surface area contributed by atoms with Crippen LogP contribution < -0.4 is 0 Å². The van der Waals surface area contributed by atoms with Crippen LogP contribution in [0.15, 0.2) is 48.5 Å². The SMILES string of the molecule is CC=C(C(=O)O)c1cccc2ccccc12. The summed E-state index contributed by atoms with van der Waals surface area (Å²) in [6, 6.07) is 13.5. The van der Waals surface area contributed by atoms with Gasteiger partial charge in [0.2, 0.25) is 0 Å². The van der Waals surface area contributed by atoms with Gasteiger partial charge in [-0.05, 0) is 23.3 Å². The molecule has 0 heterocycles. The molecule has 0 fully saturated rings. The zero-order valence-corrected chi connectivity index (χ0v) is 8.97. The number of fused-ring (bicyclic) bond motifs is 1. The van der Waals surface area contributed by atoms with E-state index in [4.69, 9.17) is 5.11 Å². The molecule has 0 aliphatic rings. The van der Waals surface area contributed by atoms with Crippen LogP contribution in [-0.2, 0) is 4.79 Å². The summed E-state index contributed by atoms with van der Waals surface area (Å²) < 4.78 is 0. The zero-order chi connectivity index (χ0) is 11.5. The van der Waals surface area contributed by atoms with Crippen LogP contribution >= 0.6 is 0 Å². The molecular formula is C14H12O2. The quantitative estimate of drug-likeness (QED) is 0.775. The van der Waals surface area contributed by atoms with Crippen LogP contribution in [0.4, 0.5) is 0 Å². The largest absolute Gasteiger partial charge is 0.478 e. The van der Waals surface area contributed by atoms with Gasteiger partial charge in [-0.25, -0.2) is 4.79 Å². The number of carboxylic acid groups (broad SMARTS) is 1. The van der Waals surface area contributed by atoms with Crippen molar-refractivity contribution < 1.29 is 9.90 Å². The first-order valence-electron chi connectivity index (χ1n) is 5.12. The molecule has 0 atom stereocenters. The average Bonchev–Trinajstić information content (AvgIpc) is 2.30. The van der Waals surface area contributed by atoms with Gasteiger partial charge in [-0.15, -0.1) is 0 Å². The Morgan fingerprint density at radius 3 is 2.50 bits per heavy atom. The molecule has 80 valence electrons. The summed E-state index contributed by atoms with van der Waals surface area (Å²) in [5.41, 5.74) is 1.12. The molecule has 0 amide bonds. The monoisotopic (exact) mass is 212 g/mol. The Balaban J connectivity index is 2.74. The summed E-state index contributed by atoms with van der Waals surface area (Å²) in [5.74, 6) is -0.890. The maximum atomic E-state index is 11.1. The molecule has 2 rings (SSSR count). The first kappa shape index (κ1) is 10.4. The standard InChI is InChI=1S/C14H12O2/c1-2-11(14(15)16)13-9-5-7-10-6-3-4-8-12(10)13/h2-9H,1H3,(H,15,16). The fourth-order valence-electron chi connectivity index (χ4n) is 1.85. The van der Waals surface area contributed by atoms with Crippen molar-refractivity contribution in [3.05, 3.63) is 54.1 Å². The minimum absolute atomic E-state index is 0.344. The third kappa shape index (κ3) is 1.70. The Labute approximate surface area is 93.8 Å². The Hall–Kier alpha value is -2.09. The highest BCUT2D eigenvalue weighted by atomic mass is 16.4. The highest BCUT2D eigenvalue weighted by Crippen LogP contribution is 2.25. The minimum Gasteiger partial charge on any atom is -0.478 e. The average molecular weight is 212 g/mol. The van der Waals surface area contributed by atoms with Crippen molar-refractivity contribution in [3.63, 3.8) is 0 Å². The normalized spacial score (nSPS) is 11.7. The van der Waals surface area contributed by atoms with Crippen LogP contribution in [-0.4, -0.2) is 11.1 Å². The van der Waals surface area contributed by atoms with Gasteiger partial charge < -0.3 is 5.11 Å². The van der Waals surface area contributed by atoms with Gasteiger partial charge in [0.25, 0.3) is 0 Å². The van der Waals surface area contributed by atoms with E-state index in [9.17, 15) is 4.79 Å². The van der Waals surface area contributed by atoms with Crippen molar-refractivity contribution in [2.75, 3.05) is 0 Å². The minimum atomic E-state index is -0.890.